The van der Waals surface area contributed by atoms with Crippen molar-refractivity contribution in [2.45, 2.75) is 19.4 Å². The lowest BCUT2D eigenvalue weighted by atomic mass is 10.0. The van der Waals surface area contributed by atoms with Crippen LogP contribution in [0.15, 0.2) is 18.2 Å². The second-order valence-electron chi connectivity index (χ2n) is 4.50. The van der Waals surface area contributed by atoms with Crippen molar-refractivity contribution in [3.8, 4) is 0 Å². The topological polar surface area (TPSA) is 40.5 Å². The van der Waals surface area contributed by atoms with E-state index in [0.717, 1.165) is 6.42 Å². The monoisotopic (exact) mass is 237 g/mol. The van der Waals surface area contributed by atoms with Crippen LogP contribution in [-0.2, 0) is 0 Å². The third-order valence-electron chi connectivity index (χ3n) is 3.50. The summed E-state index contributed by atoms with van der Waals surface area (Å²) in [6.45, 7) is 2.68. The molecule has 92 valence electrons. The average molecular weight is 237 g/mol. The van der Waals surface area contributed by atoms with Gasteiger partial charge in [-0.05, 0) is 24.5 Å². The van der Waals surface area contributed by atoms with Gasteiger partial charge in [-0.1, -0.05) is 13.0 Å². The van der Waals surface area contributed by atoms with Crippen LogP contribution in [0.25, 0.3) is 0 Å². The van der Waals surface area contributed by atoms with Crippen LogP contribution in [0, 0.1) is 11.7 Å². The Labute approximate surface area is 99.9 Å². The average Bonchev–Trinajstić information content (AvgIpc) is 2.69. The van der Waals surface area contributed by atoms with Gasteiger partial charge in [-0.2, -0.15) is 0 Å². The highest BCUT2D eigenvalue weighted by atomic mass is 19.1. The number of benzene rings is 1. The van der Waals surface area contributed by atoms with E-state index in [4.69, 9.17) is 0 Å². The fraction of sp³-hybridized carbons (Fsp3) is 0.462. The van der Waals surface area contributed by atoms with Crippen LogP contribution < -0.4 is 4.90 Å². The Morgan fingerprint density at radius 1 is 1.59 bits per heavy atom. The van der Waals surface area contributed by atoms with Crippen LogP contribution in [0.1, 0.15) is 23.7 Å². The molecule has 1 fully saturated rings. The van der Waals surface area contributed by atoms with Gasteiger partial charge in [-0.3, -0.25) is 4.79 Å². The summed E-state index contributed by atoms with van der Waals surface area (Å²) in [4.78, 5) is 12.8. The zero-order chi connectivity index (χ0) is 12.4. The van der Waals surface area contributed by atoms with Gasteiger partial charge in [0.05, 0.1) is 18.3 Å². The fourth-order valence-electron chi connectivity index (χ4n) is 2.49. The largest absolute Gasteiger partial charge is 0.394 e. The Hall–Kier alpha value is -1.42. The van der Waals surface area contributed by atoms with Crippen LogP contribution in [-0.4, -0.2) is 30.6 Å². The van der Waals surface area contributed by atoms with Crippen molar-refractivity contribution in [1.82, 2.24) is 0 Å². The second-order valence-corrected chi connectivity index (χ2v) is 4.50. The van der Waals surface area contributed by atoms with Crippen molar-refractivity contribution in [2.24, 2.45) is 5.92 Å². The maximum atomic E-state index is 13.8. The molecule has 0 bridgehead atoms. The third kappa shape index (κ3) is 2.05. The molecule has 1 aliphatic rings. The van der Waals surface area contributed by atoms with Gasteiger partial charge >= 0.3 is 0 Å². The van der Waals surface area contributed by atoms with E-state index in [1.165, 1.54) is 12.1 Å². The predicted molar refractivity (Wildman–Crippen MR) is 63.8 cm³/mol. The number of aliphatic hydroxyl groups excluding tert-OH is 1. The first kappa shape index (κ1) is 12.0. The SMILES string of the molecule is CC1CCN(c2c(F)cccc2C=O)C1CO. The van der Waals surface area contributed by atoms with Crippen molar-refractivity contribution >= 4 is 12.0 Å². The lowest BCUT2D eigenvalue weighted by molar-refractivity contribution is 0.112. The number of hydrogen-bond donors (Lipinski definition) is 1. The molecule has 17 heavy (non-hydrogen) atoms. The molecule has 1 aromatic carbocycles. The number of rotatable bonds is 3. The normalized spacial score (nSPS) is 24.1. The fourth-order valence-corrected chi connectivity index (χ4v) is 2.49. The number of para-hydroxylation sites is 1. The summed E-state index contributed by atoms with van der Waals surface area (Å²) in [6.07, 6.45) is 1.56. The summed E-state index contributed by atoms with van der Waals surface area (Å²) in [5, 5.41) is 9.37. The maximum absolute atomic E-state index is 13.8. The number of nitrogens with zero attached hydrogens (tertiary/aromatic N) is 1. The second kappa shape index (κ2) is 4.84. The Kier molecular flexibility index (Phi) is 3.43. The Morgan fingerprint density at radius 3 is 3.00 bits per heavy atom. The first-order chi connectivity index (χ1) is 8.19. The van der Waals surface area contributed by atoms with Gasteiger partial charge in [0.1, 0.15) is 5.82 Å². The molecule has 0 aliphatic carbocycles. The van der Waals surface area contributed by atoms with Crippen molar-refractivity contribution in [3.63, 3.8) is 0 Å². The number of anilines is 1. The lowest BCUT2D eigenvalue weighted by Gasteiger charge is -2.28. The Bertz CT molecular complexity index is 422. The molecule has 0 amide bonds. The van der Waals surface area contributed by atoms with Crippen LogP contribution in [0.2, 0.25) is 0 Å². The molecule has 0 saturated carbocycles. The smallest absolute Gasteiger partial charge is 0.152 e. The molecular weight excluding hydrogens is 221 g/mol. The molecule has 1 aliphatic heterocycles. The predicted octanol–water partition coefficient (Wildman–Crippen LogP) is 1.85. The van der Waals surface area contributed by atoms with E-state index in [9.17, 15) is 14.3 Å². The van der Waals surface area contributed by atoms with Crippen LogP contribution in [0.3, 0.4) is 0 Å². The third-order valence-corrected chi connectivity index (χ3v) is 3.50. The molecule has 1 heterocycles. The quantitative estimate of drug-likeness (QED) is 0.815. The summed E-state index contributed by atoms with van der Waals surface area (Å²) in [7, 11) is 0. The summed E-state index contributed by atoms with van der Waals surface area (Å²) < 4.78 is 13.8. The van der Waals surface area contributed by atoms with Crippen molar-refractivity contribution < 1.29 is 14.3 Å². The zero-order valence-corrected chi connectivity index (χ0v) is 9.77. The van der Waals surface area contributed by atoms with E-state index in [1.54, 1.807) is 6.07 Å². The molecule has 2 rings (SSSR count). The van der Waals surface area contributed by atoms with Gasteiger partial charge in [-0.15, -0.1) is 0 Å². The van der Waals surface area contributed by atoms with Crippen molar-refractivity contribution in [3.05, 3.63) is 29.6 Å². The Balaban J connectivity index is 2.43. The number of carbonyl (C=O) groups is 1. The zero-order valence-electron chi connectivity index (χ0n) is 9.77. The summed E-state index contributed by atoms with van der Waals surface area (Å²) >= 11 is 0. The van der Waals surface area contributed by atoms with E-state index in [-0.39, 0.29) is 12.6 Å². The molecule has 2 unspecified atom stereocenters. The van der Waals surface area contributed by atoms with Gasteiger partial charge in [-0.25, -0.2) is 4.39 Å². The minimum Gasteiger partial charge on any atom is -0.394 e. The van der Waals surface area contributed by atoms with Gasteiger partial charge in [0.2, 0.25) is 0 Å². The Morgan fingerprint density at radius 2 is 2.35 bits per heavy atom. The highest BCUT2D eigenvalue weighted by Gasteiger charge is 2.33. The number of halogens is 1. The summed E-state index contributed by atoms with van der Waals surface area (Å²) in [5.41, 5.74) is 0.670. The van der Waals surface area contributed by atoms with E-state index in [0.29, 0.717) is 30.0 Å². The van der Waals surface area contributed by atoms with Crippen LogP contribution >= 0.6 is 0 Å². The van der Waals surface area contributed by atoms with E-state index in [2.05, 4.69) is 0 Å². The van der Waals surface area contributed by atoms with Gasteiger partial charge < -0.3 is 10.0 Å². The molecular formula is C13H16FNO2. The molecule has 0 aromatic heterocycles. The minimum absolute atomic E-state index is 0.0200. The van der Waals surface area contributed by atoms with Gasteiger partial charge in [0, 0.05) is 12.1 Å². The van der Waals surface area contributed by atoms with Gasteiger partial charge in [0.15, 0.2) is 6.29 Å². The summed E-state index contributed by atoms with van der Waals surface area (Å²) in [6, 6.07) is 4.36. The molecule has 1 N–H and O–H groups in total. The number of aldehydes is 1. The molecule has 3 nitrogen and oxygen atoms in total. The standard InChI is InChI=1S/C13H16FNO2/c1-9-5-6-15(12(9)8-17)13-10(7-16)3-2-4-11(13)14/h2-4,7,9,12,17H,5-6,8H2,1H3. The minimum atomic E-state index is -0.401. The maximum Gasteiger partial charge on any atom is 0.152 e. The highest BCUT2D eigenvalue weighted by molar-refractivity contribution is 5.85. The molecule has 1 saturated heterocycles. The lowest BCUT2D eigenvalue weighted by Crippen LogP contribution is -2.36. The molecule has 1 aromatic rings. The van der Waals surface area contributed by atoms with Crippen LogP contribution in [0.5, 0.6) is 0 Å². The van der Waals surface area contributed by atoms with Crippen molar-refractivity contribution in [1.29, 1.82) is 0 Å². The van der Waals surface area contributed by atoms with Gasteiger partial charge in [0.25, 0.3) is 0 Å². The molecule has 0 radical (unpaired) electrons. The first-order valence-electron chi connectivity index (χ1n) is 5.80. The van der Waals surface area contributed by atoms with Crippen LogP contribution in [0.4, 0.5) is 10.1 Å². The van der Waals surface area contributed by atoms with Crippen molar-refractivity contribution in [2.75, 3.05) is 18.1 Å². The molecule has 4 heteroatoms. The van der Waals surface area contributed by atoms with E-state index < -0.39 is 5.82 Å². The highest BCUT2D eigenvalue weighted by Crippen LogP contribution is 2.33. The molecule has 2 atom stereocenters. The number of hydrogen-bond acceptors (Lipinski definition) is 3. The number of aliphatic hydroxyl groups is 1. The van der Waals surface area contributed by atoms with E-state index in [1.807, 2.05) is 11.8 Å². The van der Waals surface area contributed by atoms with E-state index >= 15 is 0 Å². The summed E-state index contributed by atoms with van der Waals surface area (Å²) in [5.74, 6) is -0.0961. The molecule has 0 spiro atoms. The number of carbonyl (C=O) groups excluding carboxylic acids is 1. The first-order valence-corrected chi connectivity index (χ1v) is 5.80.